The molecule has 5 nitrogen and oxygen atoms in total. The van der Waals surface area contributed by atoms with Crippen LogP contribution in [0.25, 0.3) is 45.0 Å². The molecule has 6 rings (SSSR count). The molecule has 1 aliphatic heterocycles. The van der Waals surface area contributed by atoms with Crippen LogP contribution in [-0.4, -0.2) is 67.4 Å². The number of nitrogens with one attached hydrogen (secondary N) is 2. The van der Waals surface area contributed by atoms with Gasteiger partial charge in [0.1, 0.15) is 12.6 Å². The second-order valence-corrected chi connectivity index (χ2v) is 11.2. The minimum atomic E-state index is 0. The Kier molecular flexibility index (Phi) is 8.81. The number of anilines is 1. The van der Waals surface area contributed by atoms with Crippen molar-refractivity contribution in [2.45, 2.75) is 4.90 Å². The Hall–Kier alpha value is -2.59. The molecule has 3 heterocycles. The molecule has 1 saturated heterocycles. The normalized spacial score (nSPS) is 14.9. The number of aryl methyl sites for hydroxylation is 1. The zero-order valence-electron chi connectivity index (χ0n) is 22.9. The van der Waals surface area contributed by atoms with E-state index < -0.39 is 0 Å². The number of aromatic nitrogens is 2. The number of fused-ring (bicyclic) bond motifs is 4. The Morgan fingerprint density at radius 2 is 1.64 bits per heavy atom. The van der Waals surface area contributed by atoms with Gasteiger partial charge in [0.15, 0.2) is 0 Å². The summed E-state index contributed by atoms with van der Waals surface area (Å²) in [5.74, 6) is 0. The Morgan fingerprint density at radius 1 is 0.923 bits per heavy atom. The van der Waals surface area contributed by atoms with E-state index in [1.54, 1.807) is 11.8 Å². The molecule has 0 bridgehead atoms. The molecule has 3 aromatic carbocycles. The van der Waals surface area contributed by atoms with Gasteiger partial charge in [0.05, 0.1) is 22.0 Å². The van der Waals surface area contributed by atoms with Gasteiger partial charge in [0.2, 0.25) is 11.0 Å². The number of thioether (sulfide) groups is 1. The topological polar surface area (TPSA) is 38.2 Å². The summed E-state index contributed by atoms with van der Waals surface area (Å²) in [6.45, 7) is 6.54. The molecule has 2 N–H and O–H groups in total. The zero-order valence-corrected chi connectivity index (χ0v) is 25.9. The minimum Gasteiger partial charge on any atom is -1.00 e. The van der Waals surface area contributed by atoms with E-state index in [0.29, 0.717) is 0 Å². The molecular formula is C32H36IN5S. The van der Waals surface area contributed by atoms with Crippen LogP contribution in [0.4, 0.5) is 5.69 Å². The zero-order chi connectivity index (χ0) is 26.1. The van der Waals surface area contributed by atoms with Crippen molar-refractivity contribution in [1.82, 2.24) is 14.8 Å². The summed E-state index contributed by atoms with van der Waals surface area (Å²) in [6.07, 6.45) is 6.53. The second kappa shape index (κ2) is 12.3. The molecule has 0 aliphatic carbocycles. The first kappa shape index (κ1) is 28.0. The van der Waals surface area contributed by atoms with Crippen LogP contribution >= 0.6 is 11.8 Å². The molecule has 2 aromatic heterocycles. The summed E-state index contributed by atoms with van der Waals surface area (Å²) in [7, 11) is 4.40. The van der Waals surface area contributed by atoms with Crippen LogP contribution < -0.4 is 33.9 Å². The van der Waals surface area contributed by atoms with E-state index in [4.69, 9.17) is 0 Å². The lowest BCUT2D eigenvalue weighted by Gasteiger charge is -2.32. The summed E-state index contributed by atoms with van der Waals surface area (Å²) >= 11 is 1.77. The van der Waals surface area contributed by atoms with E-state index in [-0.39, 0.29) is 24.0 Å². The summed E-state index contributed by atoms with van der Waals surface area (Å²) in [6, 6.07) is 24.2. The van der Waals surface area contributed by atoms with Gasteiger partial charge in [-0.05, 0) is 54.8 Å². The number of hydrogen-bond donors (Lipinski definition) is 2. The molecule has 0 amide bonds. The summed E-state index contributed by atoms with van der Waals surface area (Å²) < 4.78 is 2.35. The van der Waals surface area contributed by atoms with Crippen LogP contribution in [0.3, 0.4) is 0 Å². The van der Waals surface area contributed by atoms with E-state index >= 15 is 0 Å². The highest BCUT2D eigenvalue weighted by atomic mass is 127. The molecule has 5 aromatic rings. The van der Waals surface area contributed by atoms with Crippen molar-refractivity contribution in [2.24, 2.45) is 7.05 Å². The molecule has 0 radical (unpaired) electrons. The predicted molar refractivity (Wildman–Crippen MR) is 164 cm³/mol. The fourth-order valence-corrected chi connectivity index (χ4v) is 5.96. The second-order valence-electron chi connectivity index (χ2n) is 10.3. The predicted octanol–water partition coefficient (Wildman–Crippen LogP) is 2.85. The van der Waals surface area contributed by atoms with Gasteiger partial charge in [-0.25, -0.2) is 0 Å². The minimum absolute atomic E-state index is 0. The maximum atomic E-state index is 3.85. The van der Waals surface area contributed by atoms with E-state index in [1.165, 1.54) is 54.5 Å². The van der Waals surface area contributed by atoms with Gasteiger partial charge in [0.25, 0.3) is 0 Å². The van der Waals surface area contributed by atoms with Crippen LogP contribution in [0.15, 0.2) is 71.6 Å². The summed E-state index contributed by atoms with van der Waals surface area (Å²) in [4.78, 5) is 9.99. The lowest BCUT2D eigenvalue weighted by atomic mass is 10.1. The highest BCUT2D eigenvalue weighted by Gasteiger charge is 2.23. The first-order valence-corrected chi connectivity index (χ1v) is 14.7. The fraction of sp³-hybridized carbons (Fsp3) is 0.281. The number of para-hydroxylation sites is 1. The average Bonchev–Trinajstić information content (AvgIpc) is 3.35. The number of piperazine rings is 1. The molecule has 0 saturated carbocycles. The van der Waals surface area contributed by atoms with Crippen molar-refractivity contribution in [3.63, 3.8) is 0 Å². The Labute approximate surface area is 252 Å². The van der Waals surface area contributed by atoms with Crippen molar-refractivity contribution in [1.29, 1.82) is 0 Å². The van der Waals surface area contributed by atoms with Gasteiger partial charge >= 0.3 is 0 Å². The fourth-order valence-electron chi connectivity index (χ4n) is 5.55. The molecule has 0 atom stereocenters. The van der Waals surface area contributed by atoms with Crippen LogP contribution in [0.1, 0.15) is 11.1 Å². The van der Waals surface area contributed by atoms with Gasteiger partial charge in [-0.15, -0.1) is 11.8 Å². The van der Waals surface area contributed by atoms with Gasteiger partial charge in [-0.3, -0.25) is 4.90 Å². The number of hydrogen-bond acceptors (Lipinski definition) is 4. The maximum Gasteiger partial charge on any atom is 0.240 e. The molecule has 1 fully saturated rings. The quantitative estimate of drug-likeness (QED) is 0.123. The molecule has 202 valence electrons. The summed E-state index contributed by atoms with van der Waals surface area (Å²) in [5.41, 5.74) is 8.42. The first-order valence-electron chi connectivity index (χ1n) is 13.4. The number of halogens is 1. The molecule has 39 heavy (non-hydrogen) atoms. The summed E-state index contributed by atoms with van der Waals surface area (Å²) in [5, 5.41) is 6.34. The lowest BCUT2D eigenvalue weighted by Crippen LogP contribution is -3.00. The number of aromatic amines is 1. The van der Waals surface area contributed by atoms with E-state index in [1.807, 2.05) is 0 Å². The lowest BCUT2D eigenvalue weighted by molar-refractivity contribution is -0.616. The molecular weight excluding hydrogens is 613 g/mol. The van der Waals surface area contributed by atoms with Crippen molar-refractivity contribution < 1.29 is 28.5 Å². The number of nitrogens with zero attached hydrogens (tertiary/aromatic N) is 3. The molecule has 0 spiro atoms. The van der Waals surface area contributed by atoms with Gasteiger partial charge < -0.3 is 39.2 Å². The third-order valence-corrected chi connectivity index (χ3v) is 8.57. The third kappa shape index (κ3) is 5.82. The Bertz CT molecular complexity index is 1620. The van der Waals surface area contributed by atoms with Crippen molar-refractivity contribution in [3.05, 3.63) is 77.9 Å². The number of likely N-dealkylation sites (N-methyl/N-ethyl adjacent to an activating group) is 1. The Balaban J connectivity index is 0.00000308. The van der Waals surface area contributed by atoms with Gasteiger partial charge in [-0.1, -0.05) is 42.5 Å². The van der Waals surface area contributed by atoms with E-state index in [9.17, 15) is 0 Å². The van der Waals surface area contributed by atoms with Crippen molar-refractivity contribution in [2.75, 3.05) is 57.9 Å². The van der Waals surface area contributed by atoms with Crippen LogP contribution in [0.5, 0.6) is 0 Å². The number of rotatable bonds is 7. The molecule has 0 unspecified atom stereocenters. The smallest absolute Gasteiger partial charge is 0.240 e. The number of pyridine rings is 1. The van der Waals surface area contributed by atoms with Crippen LogP contribution in [-0.2, 0) is 7.05 Å². The van der Waals surface area contributed by atoms with Gasteiger partial charge in [-0.2, -0.15) is 4.57 Å². The number of H-pyrrole nitrogens is 1. The highest BCUT2D eigenvalue weighted by molar-refractivity contribution is 7.98. The van der Waals surface area contributed by atoms with Crippen molar-refractivity contribution >= 4 is 62.4 Å². The molecule has 7 heteroatoms. The first-order chi connectivity index (χ1) is 18.6. The SMILES string of the molecule is CSc1ccc(/C=C/c2ccc3c(NCCN4CCN(C)CC4)c4[nH]c5ccccc5c4[n+](C)c3c2)cc1.[I-]. The largest absolute Gasteiger partial charge is 1.00 e. The number of benzene rings is 3. The maximum absolute atomic E-state index is 3.85. The van der Waals surface area contributed by atoms with Crippen LogP contribution in [0.2, 0.25) is 0 Å². The average molecular weight is 650 g/mol. The highest BCUT2D eigenvalue weighted by Crippen LogP contribution is 2.34. The monoisotopic (exact) mass is 649 g/mol. The standard InChI is InChI=1S/C32H35N5S.HI/c1-35-18-20-37(21-19-35)17-16-33-30-27-15-12-24(9-8-23-10-13-25(38-3)14-11-23)22-29(27)36(2)32-26-6-4-5-7-28(26)34-31(30)32;/h4-15,22H,16-21H2,1-3H3,(H,33,34);1H/b9-8+;. The van der Waals surface area contributed by atoms with E-state index in [0.717, 1.165) is 39.3 Å². The van der Waals surface area contributed by atoms with E-state index in [2.05, 4.69) is 124 Å². The third-order valence-electron chi connectivity index (χ3n) is 7.83. The Morgan fingerprint density at radius 3 is 2.41 bits per heavy atom. The van der Waals surface area contributed by atoms with Crippen LogP contribution in [0, 0.1) is 0 Å². The van der Waals surface area contributed by atoms with Crippen molar-refractivity contribution in [3.8, 4) is 0 Å². The van der Waals surface area contributed by atoms with Gasteiger partial charge in [0, 0.05) is 50.2 Å². The molecule has 1 aliphatic rings.